The number of carbonyl (C=O) groups is 2. The highest BCUT2D eigenvalue weighted by atomic mass is 35.5. The van der Waals surface area contributed by atoms with Crippen LogP contribution in [0.2, 0.25) is 5.02 Å². The Morgan fingerprint density at radius 2 is 2.06 bits per heavy atom. The second-order valence-electron chi connectivity index (χ2n) is 3.45. The quantitative estimate of drug-likeness (QED) is 0.794. The minimum Gasteiger partial charge on any atom is -0.480 e. The molecule has 86 valence electrons. The van der Waals surface area contributed by atoms with Gasteiger partial charge in [-0.3, -0.25) is 9.59 Å². The third-order valence-corrected chi connectivity index (χ3v) is 2.52. The van der Waals surface area contributed by atoms with Crippen molar-refractivity contribution in [3.63, 3.8) is 0 Å². The summed E-state index contributed by atoms with van der Waals surface area (Å²) in [5.74, 6) is -1.14. The molecule has 0 spiro atoms. The van der Waals surface area contributed by atoms with E-state index in [4.69, 9.17) is 16.7 Å². The van der Waals surface area contributed by atoms with E-state index >= 15 is 0 Å². The van der Waals surface area contributed by atoms with E-state index in [9.17, 15) is 9.59 Å². The first kappa shape index (κ1) is 12.5. The number of rotatable bonds is 4. The molecule has 4 nitrogen and oxygen atoms in total. The van der Waals surface area contributed by atoms with Crippen LogP contribution in [0.3, 0.4) is 0 Å². The molecular weight excluding hydrogens is 230 g/mol. The molecule has 0 unspecified atom stereocenters. The monoisotopic (exact) mass is 241 g/mol. The highest BCUT2D eigenvalue weighted by Crippen LogP contribution is 2.25. The Bertz CT molecular complexity index is 443. The predicted octanol–water partition coefficient (Wildman–Crippen LogP) is 2.35. The molecule has 1 aromatic carbocycles. The van der Waals surface area contributed by atoms with Crippen molar-refractivity contribution in [3.05, 3.63) is 28.3 Å². The number of anilines is 1. The lowest BCUT2D eigenvalue weighted by Crippen LogP contribution is -2.14. The Morgan fingerprint density at radius 1 is 1.44 bits per heavy atom. The van der Waals surface area contributed by atoms with Gasteiger partial charge in [0.25, 0.3) is 0 Å². The van der Waals surface area contributed by atoms with Gasteiger partial charge in [-0.15, -0.1) is 0 Å². The third kappa shape index (κ3) is 2.97. The molecule has 0 saturated carbocycles. The number of Topliss-reactive ketones (excluding diaryl/α,β-unsaturated/α-hetero) is 1. The Kier molecular flexibility index (Phi) is 3.90. The van der Waals surface area contributed by atoms with Crippen molar-refractivity contribution in [2.45, 2.75) is 13.8 Å². The second-order valence-corrected chi connectivity index (χ2v) is 3.86. The molecule has 0 bridgehead atoms. The standard InChI is InChI=1S/C11H12ClNO3/c1-6-3-10(13-5-11(15)16)8(7(2)14)4-9(6)12/h3-4,13H,5H2,1-2H3,(H,15,16). The number of carboxylic acid groups (broad SMARTS) is 1. The number of hydrogen-bond donors (Lipinski definition) is 2. The van der Waals surface area contributed by atoms with Gasteiger partial charge in [0.15, 0.2) is 5.78 Å². The lowest BCUT2D eigenvalue weighted by atomic mass is 10.1. The summed E-state index contributed by atoms with van der Waals surface area (Å²) in [6.45, 7) is 2.96. The minimum absolute atomic E-state index is 0.158. The molecule has 0 aliphatic heterocycles. The summed E-state index contributed by atoms with van der Waals surface area (Å²) in [6.07, 6.45) is 0. The molecule has 2 N–H and O–H groups in total. The maximum atomic E-state index is 11.3. The fourth-order valence-electron chi connectivity index (χ4n) is 1.29. The van der Waals surface area contributed by atoms with Crippen LogP contribution in [0.15, 0.2) is 12.1 Å². The third-order valence-electron chi connectivity index (χ3n) is 2.11. The van der Waals surface area contributed by atoms with Crippen LogP contribution in [-0.2, 0) is 4.79 Å². The lowest BCUT2D eigenvalue weighted by Gasteiger charge is -2.10. The van der Waals surface area contributed by atoms with Crippen LogP contribution in [0.25, 0.3) is 0 Å². The molecule has 0 aromatic heterocycles. The molecule has 0 aliphatic rings. The van der Waals surface area contributed by atoms with E-state index in [0.717, 1.165) is 5.56 Å². The summed E-state index contributed by atoms with van der Waals surface area (Å²) >= 11 is 5.90. The van der Waals surface area contributed by atoms with Gasteiger partial charge in [-0.1, -0.05) is 11.6 Å². The maximum Gasteiger partial charge on any atom is 0.322 e. The number of aliphatic carboxylic acids is 1. The van der Waals surface area contributed by atoms with E-state index in [2.05, 4.69) is 5.32 Å². The summed E-state index contributed by atoms with van der Waals surface area (Å²) in [5.41, 5.74) is 1.69. The maximum absolute atomic E-state index is 11.3. The molecule has 0 radical (unpaired) electrons. The second kappa shape index (κ2) is 4.99. The zero-order valence-corrected chi connectivity index (χ0v) is 9.76. The smallest absolute Gasteiger partial charge is 0.322 e. The average molecular weight is 242 g/mol. The first-order chi connectivity index (χ1) is 7.41. The highest BCUT2D eigenvalue weighted by molar-refractivity contribution is 6.32. The number of nitrogens with one attached hydrogen (secondary N) is 1. The summed E-state index contributed by atoms with van der Waals surface area (Å²) < 4.78 is 0. The van der Waals surface area contributed by atoms with Crippen LogP contribution < -0.4 is 5.32 Å². The van der Waals surface area contributed by atoms with Gasteiger partial charge in [0, 0.05) is 16.3 Å². The summed E-state index contributed by atoms with van der Waals surface area (Å²) in [6, 6.07) is 3.21. The van der Waals surface area contributed by atoms with Crippen LogP contribution in [0.1, 0.15) is 22.8 Å². The van der Waals surface area contributed by atoms with E-state index in [1.54, 1.807) is 19.1 Å². The summed E-state index contributed by atoms with van der Waals surface area (Å²) in [4.78, 5) is 21.8. The zero-order chi connectivity index (χ0) is 12.3. The lowest BCUT2D eigenvalue weighted by molar-refractivity contribution is -0.134. The highest BCUT2D eigenvalue weighted by Gasteiger charge is 2.10. The first-order valence-corrected chi connectivity index (χ1v) is 5.06. The average Bonchev–Trinajstić information content (AvgIpc) is 2.18. The van der Waals surface area contributed by atoms with Crippen LogP contribution in [-0.4, -0.2) is 23.4 Å². The molecule has 0 heterocycles. The Hall–Kier alpha value is -1.55. The van der Waals surface area contributed by atoms with Crippen LogP contribution in [0, 0.1) is 6.92 Å². The van der Waals surface area contributed by atoms with Gasteiger partial charge in [-0.2, -0.15) is 0 Å². The number of ketones is 1. The fourth-order valence-corrected chi connectivity index (χ4v) is 1.45. The Labute approximate surface area is 98.2 Å². The summed E-state index contributed by atoms with van der Waals surface area (Å²) in [7, 11) is 0. The Morgan fingerprint density at radius 3 is 2.56 bits per heavy atom. The molecule has 0 amide bonds. The van der Waals surface area contributed by atoms with Crippen LogP contribution in [0.5, 0.6) is 0 Å². The minimum atomic E-state index is -0.984. The molecule has 5 heteroatoms. The van der Waals surface area contributed by atoms with E-state index in [0.29, 0.717) is 16.3 Å². The van der Waals surface area contributed by atoms with Crippen LogP contribution in [0.4, 0.5) is 5.69 Å². The topological polar surface area (TPSA) is 66.4 Å². The largest absolute Gasteiger partial charge is 0.480 e. The van der Waals surface area contributed by atoms with E-state index in [1.165, 1.54) is 6.92 Å². The molecule has 0 saturated heterocycles. The number of halogens is 1. The molecular formula is C11H12ClNO3. The SMILES string of the molecule is CC(=O)c1cc(Cl)c(C)cc1NCC(=O)O. The zero-order valence-electron chi connectivity index (χ0n) is 9.00. The normalized spacial score (nSPS) is 9.94. The van der Waals surface area contributed by atoms with Gasteiger partial charge >= 0.3 is 5.97 Å². The van der Waals surface area contributed by atoms with Crippen molar-refractivity contribution in [2.24, 2.45) is 0 Å². The summed E-state index contributed by atoms with van der Waals surface area (Å²) in [5, 5.41) is 11.7. The first-order valence-electron chi connectivity index (χ1n) is 4.68. The van der Waals surface area contributed by atoms with Crippen molar-refractivity contribution in [1.82, 2.24) is 0 Å². The van der Waals surface area contributed by atoms with Crippen molar-refractivity contribution in [1.29, 1.82) is 0 Å². The number of carboxylic acids is 1. The molecule has 0 aliphatic carbocycles. The molecule has 1 rings (SSSR count). The number of hydrogen-bond acceptors (Lipinski definition) is 3. The number of aryl methyl sites for hydroxylation is 1. The van der Waals surface area contributed by atoms with Crippen molar-refractivity contribution in [3.8, 4) is 0 Å². The number of carbonyl (C=O) groups excluding carboxylic acids is 1. The molecule has 16 heavy (non-hydrogen) atoms. The molecule has 0 atom stereocenters. The van der Waals surface area contributed by atoms with Gasteiger partial charge < -0.3 is 10.4 Å². The van der Waals surface area contributed by atoms with Gasteiger partial charge in [-0.25, -0.2) is 0 Å². The van der Waals surface area contributed by atoms with Gasteiger partial charge in [0.2, 0.25) is 0 Å². The number of benzene rings is 1. The van der Waals surface area contributed by atoms with Crippen molar-refractivity contribution >= 4 is 29.0 Å². The fraction of sp³-hybridized carbons (Fsp3) is 0.273. The Balaban J connectivity index is 3.09. The molecule has 1 aromatic rings. The van der Waals surface area contributed by atoms with E-state index in [1.807, 2.05) is 0 Å². The van der Waals surface area contributed by atoms with Gasteiger partial charge in [-0.05, 0) is 31.5 Å². The van der Waals surface area contributed by atoms with Gasteiger partial charge in [0.1, 0.15) is 6.54 Å². The van der Waals surface area contributed by atoms with E-state index < -0.39 is 5.97 Å². The van der Waals surface area contributed by atoms with E-state index in [-0.39, 0.29) is 12.3 Å². The van der Waals surface area contributed by atoms with Gasteiger partial charge in [0.05, 0.1) is 0 Å². The van der Waals surface area contributed by atoms with Crippen LogP contribution >= 0.6 is 11.6 Å². The van der Waals surface area contributed by atoms with Crippen molar-refractivity contribution in [2.75, 3.05) is 11.9 Å². The predicted molar refractivity (Wildman–Crippen MR) is 62.3 cm³/mol. The molecule has 0 fully saturated rings. The van der Waals surface area contributed by atoms with Crippen molar-refractivity contribution < 1.29 is 14.7 Å².